The summed E-state index contributed by atoms with van der Waals surface area (Å²) in [5, 5.41) is 0.491. The molecule has 1 aromatic heterocycles. The van der Waals surface area contributed by atoms with Gasteiger partial charge in [0.05, 0.1) is 10.2 Å². The number of ether oxygens (including phenoxy) is 1. The van der Waals surface area contributed by atoms with Gasteiger partial charge in [-0.05, 0) is 56.6 Å². The molecule has 0 aliphatic rings. The average Bonchev–Trinajstić information content (AvgIpc) is 3.03. The molecule has 0 aliphatic carbocycles. The minimum Gasteiger partial charge on any atom is -0.484 e. The maximum absolute atomic E-state index is 13.4. The van der Waals surface area contributed by atoms with Crippen LogP contribution in [0.3, 0.4) is 0 Å². The lowest BCUT2D eigenvalue weighted by atomic mass is 10.3. The lowest BCUT2D eigenvalue weighted by Crippen LogP contribution is -2.39. The molecule has 5 nitrogen and oxygen atoms in total. The van der Waals surface area contributed by atoms with E-state index in [1.54, 1.807) is 6.07 Å². The van der Waals surface area contributed by atoms with Gasteiger partial charge in [-0.15, -0.1) is 0 Å². The van der Waals surface area contributed by atoms with Gasteiger partial charge >= 0.3 is 0 Å². The minimum absolute atomic E-state index is 0.205. The highest BCUT2D eigenvalue weighted by atomic mass is 32.1. The fraction of sp³-hybridized carbons (Fsp3) is 0.263. The molecule has 3 aromatic rings. The molecule has 0 aliphatic heterocycles. The first-order valence-electron chi connectivity index (χ1n) is 8.32. The van der Waals surface area contributed by atoms with Crippen LogP contribution in [0, 0.1) is 11.6 Å². The van der Waals surface area contributed by atoms with Gasteiger partial charge in [0, 0.05) is 13.1 Å². The van der Waals surface area contributed by atoms with E-state index in [9.17, 15) is 13.6 Å². The lowest BCUT2D eigenvalue weighted by molar-refractivity contribution is -0.120. The fourth-order valence-corrected chi connectivity index (χ4v) is 3.42. The molecule has 0 fully saturated rings. The standard InChI is InChI=1S/C19H19F2N3O2S/c1-23(2)9-10-24(18(25)12-26-15-6-3-13(20)4-7-15)19-22-16-8-5-14(21)11-17(16)27-19/h3-8,11H,9-10,12H2,1-2H3. The van der Waals surface area contributed by atoms with Crippen molar-refractivity contribution in [1.82, 2.24) is 9.88 Å². The maximum Gasteiger partial charge on any atom is 0.266 e. The number of carbonyl (C=O) groups excluding carboxylic acids is 1. The van der Waals surface area contributed by atoms with Crippen molar-refractivity contribution in [2.45, 2.75) is 0 Å². The zero-order valence-corrected chi connectivity index (χ0v) is 15.8. The molecule has 0 N–H and O–H groups in total. The van der Waals surface area contributed by atoms with Gasteiger partial charge in [-0.25, -0.2) is 13.8 Å². The van der Waals surface area contributed by atoms with Crippen LogP contribution in [0.2, 0.25) is 0 Å². The number of carbonyl (C=O) groups is 1. The first-order valence-corrected chi connectivity index (χ1v) is 9.13. The zero-order chi connectivity index (χ0) is 19.4. The van der Waals surface area contributed by atoms with E-state index in [-0.39, 0.29) is 24.1 Å². The Labute approximate surface area is 159 Å². The van der Waals surface area contributed by atoms with Crippen molar-refractivity contribution >= 4 is 32.6 Å². The fourth-order valence-electron chi connectivity index (χ4n) is 2.38. The van der Waals surface area contributed by atoms with Crippen LogP contribution in [0.15, 0.2) is 42.5 Å². The Morgan fingerprint density at radius 2 is 1.78 bits per heavy atom. The molecule has 0 saturated heterocycles. The van der Waals surface area contributed by atoms with E-state index in [1.165, 1.54) is 52.6 Å². The van der Waals surface area contributed by atoms with Crippen LogP contribution >= 0.6 is 11.3 Å². The van der Waals surface area contributed by atoms with Crippen molar-refractivity contribution in [3.8, 4) is 5.75 Å². The predicted molar refractivity (Wildman–Crippen MR) is 102 cm³/mol. The summed E-state index contributed by atoms with van der Waals surface area (Å²) in [5.74, 6) is -0.587. The quantitative estimate of drug-likeness (QED) is 0.618. The first kappa shape index (κ1) is 19.2. The topological polar surface area (TPSA) is 45.7 Å². The van der Waals surface area contributed by atoms with E-state index in [1.807, 2.05) is 19.0 Å². The predicted octanol–water partition coefficient (Wildman–Crippen LogP) is 3.55. The molecule has 0 spiro atoms. The summed E-state index contributed by atoms with van der Waals surface area (Å²) < 4.78 is 32.6. The van der Waals surface area contributed by atoms with Crippen molar-refractivity contribution < 1.29 is 18.3 Å². The summed E-state index contributed by atoms with van der Waals surface area (Å²) in [6.45, 7) is 0.844. The second kappa shape index (κ2) is 8.41. The second-order valence-corrected chi connectivity index (χ2v) is 7.21. The zero-order valence-electron chi connectivity index (χ0n) is 15.0. The van der Waals surface area contributed by atoms with Crippen LogP contribution in [-0.4, -0.2) is 49.6 Å². The Morgan fingerprint density at radius 1 is 1.07 bits per heavy atom. The van der Waals surface area contributed by atoms with Gasteiger partial charge in [0.25, 0.3) is 5.91 Å². The highest BCUT2D eigenvalue weighted by Gasteiger charge is 2.20. The van der Waals surface area contributed by atoms with E-state index in [0.717, 1.165) is 0 Å². The Bertz CT molecular complexity index is 928. The molecule has 0 radical (unpaired) electrons. The Morgan fingerprint density at radius 3 is 2.48 bits per heavy atom. The van der Waals surface area contributed by atoms with Crippen molar-refractivity contribution in [3.05, 3.63) is 54.1 Å². The molecule has 2 aromatic carbocycles. The summed E-state index contributed by atoms with van der Waals surface area (Å²) in [4.78, 5) is 20.7. The minimum atomic E-state index is -0.372. The molecular formula is C19H19F2N3O2S. The second-order valence-electron chi connectivity index (χ2n) is 6.20. The third kappa shape index (κ3) is 4.99. The summed E-state index contributed by atoms with van der Waals surface area (Å²) in [6, 6.07) is 9.81. The number of rotatable bonds is 7. The number of halogens is 2. The molecule has 8 heteroatoms. The van der Waals surface area contributed by atoms with Crippen molar-refractivity contribution in [3.63, 3.8) is 0 Å². The monoisotopic (exact) mass is 391 g/mol. The number of likely N-dealkylation sites (N-methyl/N-ethyl adjacent to an activating group) is 1. The Balaban J connectivity index is 1.78. The Kier molecular flexibility index (Phi) is 5.98. The van der Waals surface area contributed by atoms with Crippen LogP contribution in [0.4, 0.5) is 13.9 Å². The van der Waals surface area contributed by atoms with Gasteiger partial charge in [-0.2, -0.15) is 0 Å². The molecule has 0 atom stereocenters. The number of nitrogens with zero attached hydrogens (tertiary/aromatic N) is 3. The number of aromatic nitrogens is 1. The van der Waals surface area contributed by atoms with Crippen LogP contribution in [0.1, 0.15) is 0 Å². The molecule has 27 heavy (non-hydrogen) atoms. The van der Waals surface area contributed by atoms with Gasteiger partial charge < -0.3 is 9.64 Å². The number of anilines is 1. The summed E-state index contributed by atoms with van der Waals surface area (Å²) in [6.07, 6.45) is 0. The van der Waals surface area contributed by atoms with Crippen LogP contribution in [0.5, 0.6) is 5.75 Å². The maximum atomic E-state index is 13.4. The molecule has 3 rings (SSSR count). The third-order valence-corrected chi connectivity index (χ3v) is 4.86. The number of benzene rings is 2. The molecule has 0 bridgehead atoms. The Hall–Kier alpha value is -2.58. The van der Waals surface area contributed by atoms with Crippen LogP contribution < -0.4 is 9.64 Å². The van der Waals surface area contributed by atoms with E-state index in [2.05, 4.69) is 4.98 Å². The van der Waals surface area contributed by atoms with Crippen molar-refractivity contribution in [1.29, 1.82) is 0 Å². The molecule has 1 amide bonds. The van der Waals surface area contributed by atoms with Gasteiger partial charge in [0.15, 0.2) is 11.7 Å². The van der Waals surface area contributed by atoms with Crippen LogP contribution in [-0.2, 0) is 4.79 Å². The number of hydrogen-bond acceptors (Lipinski definition) is 5. The van der Waals surface area contributed by atoms with E-state index < -0.39 is 0 Å². The third-order valence-electron chi connectivity index (χ3n) is 3.82. The summed E-state index contributed by atoms with van der Waals surface area (Å²) in [7, 11) is 3.82. The van der Waals surface area contributed by atoms with Gasteiger partial charge in [-0.3, -0.25) is 9.69 Å². The van der Waals surface area contributed by atoms with Crippen molar-refractivity contribution in [2.75, 3.05) is 38.7 Å². The highest BCUT2D eigenvalue weighted by Crippen LogP contribution is 2.29. The molecule has 1 heterocycles. The first-order chi connectivity index (χ1) is 12.9. The van der Waals surface area contributed by atoms with E-state index >= 15 is 0 Å². The van der Waals surface area contributed by atoms with Crippen molar-refractivity contribution in [2.24, 2.45) is 0 Å². The summed E-state index contributed by atoms with van der Waals surface area (Å²) in [5.41, 5.74) is 0.638. The van der Waals surface area contributed by atoms with Gasteiger partial charge in [0.1, 0.15) is 17.4 Å². The van der Waals surface area contributed by atoms with E-state index in [4.69, 9.17) is 4.74 Å². The number of fused-ring (bicyclic) bond motifs is 1. The molecule has 0 saturated carbocycles. The molecule has 0 unspecified atom stereocenters. The number of amides is 1. The highest BCUT2D eigenvalue weighted by molar-refractivity contribution is 7.22. The average molecular weight is 391 g/mol. The largest absolute Gasteiger partial charge is 0.484 e. The number of thiazole rings is 1. The van der Waals surface area contributed by atoms with Gasteiger partial charge in [-0.1, -0.05) is 11.3 Å². The normalized spacial score (nSPS) is 11.1. The lowest BCUT2D eigenvalue weighted by Gasteiger charge is -2.22. The molecule has 142 valence electrons. The number of hydrogen-bond donors (Lipinski definition) is 0. The summed E-state index contributed by atoms with van der Waals surface area (Å²) >= 11 is 1.25. The SMILES string of the molecule is CN(C)CCN(C(=O)COc1ccc(F)cc1)c1nc2ccc(F)cc2s1. The molecular weight excluding hydrogens is 372 g/mol. The van der Waals surface area contributed by atoms with Gasteiger partial charge in [0.2, 0.25) is 0 Å². The smallest absolute Gasteiger partial charge is 0.266 e. The van der Waals surface area contributed by atoms with Crippen LogP contribution in [0.25, 0.3) is 10.2 Å². The van der Waals surface area contributed by atoms with E-state index in [0.29, 0.717) is 34.2 Å².